The van der Waals surface area contributed by atoms with E-state index in [0.717, 1.165) is 25.9 Å². The number of nitrogens with one attached hydrogen (secondary N) is 6. The molecule has 0 aromatic heterocycles. The topological polar surface area (TPSA) is 254 Å². The van der Waals surface area contributed by atoms with Crippen molar-refractivity contribution in [2.45, 2.75) is 51.3 Å². The molecule has 4 aromatic carbocycles. The van der Waals surface area contributed by atoms with Crippen LogP contribution in [0.5, 0.6) is 11.5 Å². The number of carbonyl (C=O) groups excluding carboxylic acids is 6. The molecule has 1 saturated heterocycles. The molecule has 0 saturated carbocycles. The van der Waals surface area contributed by atoms with Gasteiger partial charge in [-0.15, -0.1) is 0 Å². The van der Waals surface area contributed by atoms with Crippen LogP contribution in [-0.4, -0.2) is 71.8 Å². The first-order valence-corrected chi connectivity index (χ1v) is 18.1. The minimum absolute atomic E-state index is 0.00774. The molecule has 1 unspecified atom stereocenters. The molecule has 4 aromatic rings. The molecule has 1 atom stereocenters. The Balaban J connectivity index is 1.20. The molecule has 294 valence electrons. The molecule has 57 heavy (non-hydrogen) atoms. The highest BCUT2D eigenvalue weighted by molar-refractivity contribution is 6.08. The fourth-order valence-electron chi connectivity index (χ4n) is 5.82. The fraction of sp³-hybridized carbons (Fsp3) is 0.244. The van der Waals surface area contributed by atoms with Crippen LogP contribution in [0.2, 0.25) is 0 Å². The Bertz CT molecular complexity index is 2180. The number of phenols is 1. The lowest BCUT2D eigenvalue weighted by molar-refractivity contribution is -0.123. The Morgan fingerprint density at radius 3 is 1.88 bits per heavy atom. The van der Waals surface area contributed by atoms with Gasteiger partial charge >= 0.3 is 0 Å². The maximum Gasteiger partial charge on any atom is 0.255 e. The number of rotatable bonds is 14. The number of aromatic hydroxyl groups is 1. The standard InChI is InChI=1S/C41H42N8O8/c1-23(2)57-36-32(16-15-31(35(36)51)40(55)46-30-17-19-44-20-18-30)48-38(53)26-9-13-29(14-10-26)47-41(56)33(21-34(43)50)49-39(54)27-7-11-28(12-8-27)45-37(52)25-5-3-24(22-42)4-6-25/h3-16,23,30,33,44,51H,17-21H2,1-2H3,(H2,43,50)(H,45,52)(H,46,55)(H,47,56)(H,48,53)(H,49,54). The van der Waals surface area contributed by atoms with E-state index in [1.54, 1.807) is 13.8 Å². The minimum Gasteiger partial charge on any atom is -0.504 e. The van der Waals surface area contributed by atoms with Crippen molar-refractivity contribution in [1.29, 1.82) is 5.26 Å². The van der Waals surface area contributed by atoms with Crippen molar-refractivity contribution >= 4 is 52.5 Å². The molecule has 1 aliphatic heterocycles. The minimum atomic E-state index is -1.36. The monoisotopic (exact) mass is 774 g/mol. The number of nitrogens with zero attached hydrogens (tertiary/aromatic N) is 1. The molecule has 5 rings (SSSR count). The predicted octanol–water partition coefficient (Wildman–Crippen LogP) is 3.65. The molecule has 6 amide bonds. The Hall–Kier alpha value is -7.25. The average Bonchev–Trinajstić information content (AvgIpc) is 3.19. The van der Waals surface area contributed by atoms with Crippen molar-refractivity contribution < 1.29 is 38.6 Å². The van der Waals surface area contributed by atoms with Gasteiger partial charge in [-0.1, -0.05) is 0 Å². The largest absolute Gasteiger partial charge is 0.504 e. The van der Waals surface area contributed by atoms with Crippen molar-refractivity contribution in [2.75, 3.05) is 29.0 Å². The molecule has 16 heteroatoms. The number of piperidine rings is 1. The molecule has 16 nitrogen and oxygen atoms in total. The number of benzene rings is 4. The summed E-state index contributed by atoms with van der Waals surface area (Å²) in [7, 11) is 0. The van der Waals surface area contributed by atoms with Gasteiger partial charge in [0.25, 0.3) is 23.6 Å². The molecular formula is C41H42N8O8. The van der Waals surface area contributed by atoms with Crippen LogP contribution in [0.3, 0.4) is 0 Å². The Morgan fingerprint density at radius 1 is 0.772 bits per heavy atom. The Morgan fingerprint density at radius 2 is 1.32 bits per heavy atom. The summed E-state index contributed by atoms with van der Waals surface area (Å²) in [5.74, 6) is -4.21. The number of anilines is 3. The number of carbonyl (C=O) groups is 6. The normalized spacial score (nSPS) is 13.0. The van der Waals surface area contributed by atoms with Gasteiger partial charge in [0.15, 0.2) is 11.5 Å². The number of amides is 6. The van der Waals surface area contributed by atoms with Crippen LogP contribution >= 0.6 is 0 Å². The first-order chi connectivity index (χ1) is 27.3. The summed E-state index contributed by atoms with van der Waals surface area (Å²) >= 11 is 0. The summed E-state index contributed by atoms with van der Waals surface area (Å²) in [6.45, 7) is 5.02. The summed E-state index contributed by atoms with van der Waals surface area (Å²) in [4.78, 5) is 77.0. The van der Waals surface area contributed by atoms with Crippen LogP contribution in [-0.2, 0) is 9.59 Å². The van der Waals surface area contributed by atoms with Gasteiger partial charge in [0, 0.05) is 34.1 Å². The van der Waals surface area contributed by atoms with Crippen molar-refractivity contribution in [3.05, 3.63) is 113 Å². The molecule has 0 aliphatic carbocycles. The summed E-state index contributed by atoms with van der Waals surface area (Å²) < 4.78 is 5.81. The molecule has 1 fully saturated rings. The zero-order valence-electron chi connectivity index (χ0n) is 31.2. The van der Waals surface area contributed by atoms with Gasteiger partial charge in [-0.25, -0.2) is 0 Å². The maximum atomic E-state index is 13.3. The smallest absolute Gasteiger partial charge is 0.255 e. The number of phenolic OH excluding ortho intramolecular Hbond substituents is 1. The van der Waals surface area contributed by atoms with Gasteiger partial charge in [-0.05, 0) is 125 Å². The Labute approximate surface area is 328 Å². The SMILES string of the molecule is CC(C)Oc1c(NC(=O)c2ccc(NC(=O)C(CC(N)=O)NC(=O)c3ccc(NC(=O)c4ccc(C#N)cc4)cc3)cc2)ccc(C(=O)NC2CCNCC2)c1O. The number of ether oxygens (including phenoxy) is 1. The lowest BCUT2D eigenvalue weighted by Crippen LogP contribution is -2.46. The first-order valence-electron chi connectivity index (χ1n) is 18.1. The second kappa shape index (κ2) is 18.9. The summed E-state index contributed by atoms with van der Waals surface area (Å²) in [5.41, 5.74) is 7.20. The van der Waals surface area contributed by atoms with Crippen molar-refractivity contribution in [1.82, 2.24) is 16.0 Å². The van der Waals surface area contributed by atoms with Crippen LogP contribution in [0.4, 0.5) is 17.1 Å². The third-order valence-electron chi connectivity index (χ3n) is 8.78. The van der Waals surface area contributed by atoms with E-state index in [4.69, 9.17) is 15.7 Å². The highest BCUT2D eigenvalue weighted by Gasteiger charge is 2.26. The van der Waals surface area contributed by atoms with Crippen LogP contribution in [0, 0.1) is 11.3 Å². The predicted molar refractivity (Wildman–Crippen MR) is 211 cm³/mol. The zero-order chi connectivity index (χ0) is 41.1. The highest BCUT2D eigenvalue weighted by Crippen LogP contribution is 2.39. The van der Waals surface area contributed by atoms with Gasteiger partial charge < -0.3 is 47.5 Å². The lowest BCUT2D eigenvalue weighted by Gasteiger charge is -2.24. The lowest BCUT2D eigenvalue weighted by atomic mass is 10.1. The summed E-state index contributed by atoms with van der Waals surface area (Å²) in [6, 6.07) is 21.1. The Kier molecular flexibility index (Phi) is 13.5. The molecule has 0 radical (unpaired) electrons. The number of hydrogen-bond acceptors (Lipinski definition) is 10. The van der Waals surface area contributed by atoms with Crippen molar-refractivity contribution in [3.63, 3.8) is 0 Å². The molecule has 0 spiro atoms. The van der Waals surface area contributed by atoms with Gasteiger partial charge in [-0.3, -0.25) is 28.8 Å². The van der Waals surface area contributed by atoms with Crippen LogP contribution < -0.4 is 42.4 Å². The van der Waals surface area contributed by atoms with E-state index < -0.39 is 59.8 Å². The quantitative estimate of drug-likeness (QED) is 0.0923. The van der Waals surface area contributed by atoms with Crippen molar-refractivity contribution in [3.8, 4) is 17.6 Å². The fourth-order valence-corrected chi connectivity index (χ4v) is 5.82. The van der Waals surface area contributed by atoms with E-state index in [1.807, 2.05) is 6.07 Å². The average molecular weight is 775 g/mol. The van der Waals surface area contributed by atoms with Gasteiger partial charge in [0.05, 0.1) is 35.4 Å². The summed E-state index contributed by atoms with van der Waals surface area (Å²) in [6.07, 6.45) is 0.601. The maximum absolute atomic E-state index is 13.3. The van der Waals surface area contributed by atoms with Crippen LogP contribution in [0.25, 0.3) is 0 Å². The number of primary amides is 1. The van der Waals surface area contributed by atoms with E-state index in [0.29, 0.717) is 16.8 Å². The van der Waals surface area contributed by atoms with Gasteiger partial charge in [-0.2, -0.15) is 5.26 Å². The third-order valence-corrected chi connectivity index (χ3v) is 8.78. The third kappa shape index (κ3) is 11.2. The second-order valence-electron chi connectivity index (χ2n) is 13.4. The van der Waals surface area contributed by atoms with E-state index >= 15 is 0 Å². The molecular weight excluding hydrogens is 732 g/mol. The zero-order valence-corrected chi connectivity index (χ0v) is 31.2. The second-order valence-corrected chi connectivity index (χ2v) is 13.4. The summed E-state index contributed by atoms with van der Waals surface area (Å²) in [5, 5.41) is 36.7. The number of hydrogen-bond donors (Lipinski definition) is 8. The molecule has 1 heterocycles. The molecule has 0 bridgehead atoms. The van der Waals surface area contributed by atoms with E-state index in [-0.39, 0.29) is 39.9 Å². The van der Waals surface area contributed by atoms with Gasteiger partial charge in [0.1, 0.15) is 6.04 Å². The van der Waals surface area contributed by atoms with E-state index in [9.17, 15) is 33.9 Å². The van der Waals surface area contributed by atoms with E-state index in [2.05, 4.69) is 31.9 Å². The van der Waals surface area contributed by atoms with Crippen molar-refractivity contribution in [2.24, 2.45) is 5.73 Å². The number of nitriles is 1. The first kappa shape index (κ1) is 40.9. The number of nitrogens with two attached hydrogens (primary N) is 1. The molecule has 1 aliphatic rings. The van der Waals surface area contributed by atoms with E-state index in [1.165, 1.54) is 84.9 Å². The van der Waals surface area contributed by atoms with Crippen LogP contribution in [0.15, 0.2) is 84.9 Å². The van der Waals surface area contributed by atoms with Gasteiger partial charge in [0.2, 0.25) is 11.8 Å². The van der Waals surface area contributed by atoms with Crippen LogP contribution in [0.1, 0.15) is 80.1 Å². The highest BCUT2D eigenvalue weighted by atomic mass is 16.5. The molecule has 9 N–H and O–H groups in total.